The van der Waals surface area contributed by atoms with Crippen molar-refractivity contribution in [2.24, 2.45) is 0 Å². The summed E-state index contributed by atoms with van der Waals surface area (Å²) in [5.74, 6) is 0.795. The van der Waals surface area contributed by atoms with Crippen LogP contribution in [0, 0.1) is 6.92 Å². The van der Waals surface area contributed by atoms with Crippen molar-refractivity contribution >= 4 is 52.5 Å². The zero-order valence-corrected chi connectivity index (χ0v) is 19.2. The van der Waals surface area contributed by atoms with Gasteiger partial charge in [-0.25, -0.2) is 0 Å². The molecule has 0 atom stereocenters. The molecule has 0 saturated carbocycles. The Bertz CT molecular complexity index is 1110. The molecule has 0 aromatic heterocycles. The summed E-state index contributed by atoms with van der Waals surface area (Å²) in [5, 5.41) is 4.49. The van der Waals surface area contributed by atoms with Crippen molar-refractivity contribution in [1.29, 1.82) is 0 Å². The minimum atomic E-state index is -0.266. The van der Waals surface area contributed by atoms with Crippen molar-refractivity contribution < 1.29 is 14.3 Å². The monoisotopic (exact) mass is 475 g/mol. The van der Waals surface area contributed by atoms with Crippen molar-refractivity contribution in [2.75, 3.05) is 12.4 Å². The first-order chi connectivity index (χ1) is 14.9. The maximum absolute atomic E-state index is 12.3. The molecule has 4 nitrogen and oxygen atoms in total. The van der Waals surface area contributed by atoms with Gasteiger partial charge >= 0.3 is 0 Å². The first kappa shape index (κ1) is 23.0. The minimum absolute atomic E-state index is 0.200. The zero-order chi connectivity index (χ0) is 22.4. The molecule has 0 fully saturated rings. The average molecular weight is 477 g/mol. The highest BCUT2D eigenvalue weighted by Gasteiger charge is 2.10. The third-order valence-corrected chi connectivity index (χ3v) is 5.69. The number of rotatable bonds is 7. The van der Waals surface area contributed by atoms with Crippen molar-refractivity contribution in [1.82, 2.24) is 0 Å². The van der Waals surface area contributed by atoms with E-state index in [0.717, 1.165) is 11.1 Å². The average Bonchev–Trinajstić information content (AvgIpc) is 2.75. The van der Waals surface area contributed by atoms with E-state index in [-0.39, 0.29) is 12.5 Å². The van der Waals surface area contributed by atoms with Gasteiger partial charge in [-0.2, -0.15) is 0 Å². The second-order valence-corrected chi connectivity index (χ2v) is 7.86. The number of amides is 1. The van der Waals surface area contributed by atoms with E-state index in [9.17, 15) is 4.79 Å². The SMILES string of the molecule is COc1cc(C=CC(=O)Nc2cccc(Cl)c2C)ccc1OCc1c(Cl)cccc1Cl. The van der Waals surface area contributed by atoms with Gasteiger partial charge in [0.2, 0.25) is 5.91 Å². The molecule has 0 spiro atoms. The molecule has 3 aromatic rings. The summed E-state index contributed by atoms with van der Waals surface area (Å²) in [7, 11) is 1.55. The molecule has 0 aliphatic rings. The van der Waals surface area contributed by atoms with Gasteiger partial charge in [-0.3, -0.25) is 4.79 Å². The fourth-order valence-electron chi connectivity index (χ4n) is 2.82. The van der Waals surface area contributed by atoms with Gasteiger partial charge in [-0.05, 0) is 60.5 Å². The Hall–Kier alpha value is -2.66. The van der Waals surface area contributed by atoms with Gasteiger partial charge in [0.1, 0.15) is 6.61 Å². The molecule has 0 bridgehead atoms. The van der Waals surface area contributed by atoms with Crippen molar-refractivity contribution in [2.45, 2.75) is 13.5 Å². The number of methoxy groups -OCH3 is 1. The van der Waals surface area contributed by atoms with Crippen LogP contribution >= 0.6 is 34.8 Å². The third kappa shape index (κ3) is 5.95. The van der Waals surface area contributed by atoms with Gasteiger partial charge < -0.3 is 14.8 Å². The van der Waals surface area contributed by atoms with Gasteiger partial charge in [0.15, 0.2) is 11.5 Å². The number of ether oxygens (including phenoxy) is 2. The lowest BCUT2D eigenvalue weighted by molar-refractivity contribution is -0.111. The summed E-state index contributed by atoms with van der Waals surface area (Å²) in [6.07, 6.45) is 3.13. The predicted octanol–water partition coefficient (Wildman–Crippen LogP) is 7.19. The fourth-order valence-corrected chi connectivity index (χ4v) is 3.50. The molecular weight excluding hydrogens is 457 g/mol. The summed E-state index contributed by atoms with van der Waals surface area (Å²) < 4.78 is 11.3. The Morgan fingerprint density at radius 3 is 2.35 bits per heavy atom. The van der Waals surface area contributed by atoms with E-state index < -0.39 is 0 Å². The Balaban J connectivity index is 1.69. The van der Waals surface area contributed by atoms with Crippen LogP contribution in [0.2, 0.25) is 15.1 Å². The number of halogens is 3. The number of hydrogen-bond donors (Lipinski definition) is 1. The highest BCUT2D eigenvalue weighted by atomic mass is 35.5. The lowest BCUT2D eigenvalue weighted by Crippen LogP contribution is -2.09. The fraction of sp³-hybridized carbons (Fsp3) is 0.125. The van der Waals surface area contributed by atoms with Crippen molar-refractivity contribution in [3.8, 4) is 11.5 Å². The third-order valence-electron chi connectivity index (χ3n) is 4.57. The van der Waals surface area contributed by atoms with E-state index in [1.165, 1.54) is 6.08 Å². The van der Waals surface area contributed by atoms with Crippen LogP contribution in [-0.4, -0.2) is 13.0 Å². The molecule has 3 aromatic carbocycles. The quantitative estimate of drug-likeness (QED) is 0.367. The first-order valence-corrected chi connectivity index (χ1v) is 10.5. The molecule has 7 heteroatoms. The number of carbonyl (C=O) groups excluding carboxylic acids is 1. The molecule has 3 rings (SSSR count). The largest absolute Gasteiger partial charge is 0.493 e. The minimum Gasteiger partial charge on any atom is -0.493 e. The van der Waals surface area contributed by atoms with Crippen LogP contribution in [0.4, 0.5) is 5.69 Å². The van der Waals surface area contributed by atoms with Crippen LogP contribution in [0.1, 0.15) is 16.7 Å². The summed E-state index contributed by atoms with van der Waals surface area (Å²) in [6.45, 7) is 2.05. The maximum Gasteiger partial charge on any atom is 0.248 e. The number of hydrogen-bond acceptors (Lipinski definition) is 3. The second-order valence-electron chi connectivity index (χ2n) is 6.63. The summed E-state index contributed by atoms with van der Waals surface area (Å²) in [4.78, 5) is 12.3. The standard InChI is InChI=1S/C24H20Cl3NO3/c1-15-18(25)5-4-8-21(15)28-24(29)12-10-16-9-11-22(23(13-16)30-2)31-14-17-19(26)6-3-7-20(17)27/h3-13H,14H2,1-2H3,(H,28,29). The molecule has 0 radical (unpaired) electrons. The van der Waals surface area contributed by atoms with E-state index in [0.29, 0.717) is 37.8 Å². The van der Waals surface area contributed by atoms with Crippen LogP contribution in [0.5, 0.6) is 11.5 Å². The lowest BCUT2D eigenvalue weighted by atomic mass is 10.1. The molecule has 1 N–H and O–H groups in total. The van der Waals surface area contributed by atoms with E-state index in [4.69, 9.17) is 44.3 Å². The maximum atomic E-state index is 12.3. The summed E-state index contributed by atoms with van der Waals surface area (Å²) in [5.41, 5.74) is 2.96. The number of anilines is 1. The number of benzene rings is 3. The Morgan fingerprint density at radius 1 is 0.968 bits per heavy atom. The van der Waals surface area contributed by atoms with E-state index >= 15 is 0 Å². The molecule has 0 aliphatic carbocycles. The molecule has 1 amide bonds. The molecule has 0 saturated heterocycles. The smallest absolute Gasteiger partial charge is 0.248 e. The zero-order valence-electron chi connectivity index (χ0n) is 16.9. The summed E-state index contributed by atoms with van der Waals surface area (Å²) in [6, 6.07) is 16.0. The molecular formula is C24H20Cl3NO3. The van der Waals surface area contributed by atoms with Gasteiger partial charge in [0, 0.05) is 32.4 Å². The Kier molecular flexibility index (Phi) is 7.85. The van der Waals surface area contributed by atoms with Crippen molar-refractivity contribution in [3.05, 3.63) is 92.4 Å². The highest BCUT2D eigenvalue weighted by molar-refractivity contribution is 6.36. The van der Waals surface area contributed by atoms with Crippen molar-refractivity contribution in [3.63, 3.8) is 0 Å². The molecule has 160 valence electrons. The van der Waals surface area contributed by atoms with Gasteiger partial charge in [0.25, 0.3) is 0 Å². The number of carbonyl (C=O) groups is 1. The van der Waals surface area contributed by atoms with E-state index in [1.54, 1.807) is 61.7 Å². The lowest BCUT2D eigenvalue weighted by Gasteiger charge is -2.13. The topological polar surface area (TPSA) is 47.6 Å². The number of nitrogens with one attached hydrogen (secondary N) is 1. The second kappa shape index (κ2) is 10.6. The highest BCUT2D eigenvalue weighted by Crippen LogP contribution is 2.31. The van der Waals surface area contributed by atoms with Gasteiger partial charge in [-0.15, -0.1) is 0 Å². The van der Waals surface area contributed by atoms with Crippen LogP contribution in [0.15, 0.2) is 60.7 Å². The Labute approximate surface area is 196 Å². The molecule has 0 heterocycles. The van der Waals surface area contributed by atoms with Gasteiger partial charge in [0.05, 0.1) is 7.11 Å². The molecule has 0 aliphatic heterocycles. The normalized spacial score (nSPS) is 10.9. The van der Waals surface area contributed by atoms with Crippen LogP contribution in [0.3, 0.4) is 0 Å². The van der Waals surface area contributed by atoms with Crippen LogP contribution in [0.25, 0.3) is 6.08 Å². The van der Waals surface area contributed by atoms with Gasteiger partial charge in [-0.1, -0.05) is 53.0 Å². The van der Waals surface area contributed by atoms with E-state index in [1.807, 2.05) is 13.0 Å². The predicted molar refractivity (Wildman–Crippen MR) is 128 cm³/mol. The first-order valence-electron chi connectivity index (χ1n) is 9.37. The Morgan fingerprint density at radius 2 is 1.65 bits per heavy atom. The van der Waals surface area contributed by atoms with E-state index in [2.05, 4.69) is 5.32 Å². The molecule has 0 unspecified atom stereocenters. The van der Waals surface area contributed by atoms with Crippen LogP contribution in [-0.2, 0) is 11.4 Å². The summed E-state index contributed by atoms with van der Waals surface area (Å²) >= 11 is 18.5. The van der Waals surface area contributed by atoms with Crippen LogP contribution < -0.4 is 14.8 Å². The molecule has 31 heavy (non-hydrogen) atoms.